The van der Waals surface area contributed by atoms with Crippen LogP contribution in [0.5, 0.6) is 5.75 Å². The molecule has 3 rings (SSSR count). The zero-order valence-corrected chi connectivity index (χ0v) is 14.0. The van der Waals surface area contributed by atoms with Gasteiger partial charge in [0.2, 0.25) is 5.91 Å². The van der Waals surface area contributed by atoms with Gasteiger partial charge in [-0.1, -0.05) is 30.3 Å². The zero-order valence-electron chi connectivity index (χ0n) is 14.0. The zero-order chi connectivity index (χ0) is 17.3. The van der Waals surface area contributed by atoms with Gasteiger partial charge in [-0.25, -0.2) is 4.90 Å². The van der Waals surface area contributed by atoms with Crippen LogP contribution in [0, 0.1) is 13.8 Å². The largest absolute Gasteiger partial charge is 0.495 e. The number of ether oxygens (including phenoxy) is 1. The molecule has 1 atom stereocenters. The van der Waals surface area contributed by atoms with Crippen LogP contribution in [-0.2, 0) is 9.59 Å². The third-order valence-corrected chi connectivity index (χ3v) is 4.27. The van der Waals surface area contributed by atoms with E-state index in [4.69, 9.17) is 4.74 Å². The van der Waals surface area contributed by atoms with Gasteiger partial charge in [0.1, 0.15) is 11.8 Å². The molecule has 1 N–H and O–H groups in total. The van der Waals surface area contributed by atoms with Gasteiger partial charge in [0.15, 0.2) is 0 Å². The molecule has 1 fully saturated rings. The van der Waals surface area contributed by atoms with E-state index in [1.165, 1.54) is 12.0 Å². The molecule has 0 spiro atoms. The summed E-state index contributed by atoms with van der Waals surface area (Å²) in [5.41, 5.74) is 3.49. The maximum absolute atomic E-state index is 12.8. The molecule has 1 heterocycles. The molecule has 1 saturated heterocycles. The highest BCUT2D eigenvalue weighted by molar-refractivity contribution is 6.23. The second-order valence-corrected chi connectivity index (χ2v) is 5.91. The topological polar surface area (TPSA) is 58.6 Å². The monoisotopic (exact) mass is 324 g/mol. The quantitative estimate of drug-likeness (QED) is 0.878. The molecule has 0 saturated carbocycles. The number of nitrogens with one attached hydrogen (secondary N) is 1. The number of benzene rings is 2. The Morgan fingerprint density at radius 1 is 1.04 bits per heavy atom. The SMILES string of the molecule is COc1ccccc1N1C(=O)C[C@@H](Nc2c(C)cccc2C)C1=O. The molecule has 1 aliphatic heterocycles. The average molecular weight is 324 g/mol. The first-order valence-electron chi connectivity index (χ1n) is 7.85. The number of carbonyl (C=O) groups excluding carboxylic acids is 2. The summed E-state index contributed by atoms with van der Waals surface area (Å²) in [5, 5.41) is 3.24. The van der Waals surface area contributed by atoms with Crippen molar-refractivity contribution in [2.75, 3.05) is 17.3 Å². The van der Waals surface area contributed by atoms with Crippen molar-refractivity contribution in [3.63, 3.8) is 0 Å². The molecule has 5 nitrogen and oxygen atoms in total. The first-order chi connectivity index (χ1) is 11.5. The van der Waals surface area contributed by atoms with Gasteiger partial charge >= 0.3 is 0 Å². The minimum Gasteiger partial charge on any atom is -0.495 e. The van der Waals surface area contributed by atoms with Gasteiger partial charge in [-0.05, 0) is 37.1 Å². The summed E-state index contributed by atoms with van der Waals surface area (Å²) < 4.78 is 5.28. The van der Waals surface area contributed by atoms with E-state index in [0.29, 0.717) is 11.4 Å². The summed E-state index contributed by atoms with van der Waals surface area (Å²) >= 11 is 0. The van der Waals surface area contributed by atoms with E-state index in [-0.39, 0.29) is 18.2 Å². The van der Waals surface area contributed by atoms with Crippen molar-refractivity contribution < 1.29 is 14.3 Å². The Hall–Kier alpha value is -2.82. The van der Waals surface area contributed by atoms with Crippen molar-refractivity contribution in [1.82, 2.24) is 0 Å². The maximum Gasteiger partial charge on any atom is 0.256 e. The molecule has 1 aliphatic rings. The predicted octanol–water partition coefficient (Wildman–Crippen LogP) is 3.06. The van der Waals surface area contributed by atoms with E-state index in [9.17, 15) is 9.59 Å². The highest BCUT2D eigenvalue weighted by Crippen LogP contribution is 2.33. The number of methoxy groups -OCH3 is 1. The second kappa shape index (κ2) is 6.35. The summed E-state index contributed by atoms with van der Waals surface area (Å²) in [6.45, 7) is 3.96. The second-order valence-electron chi connectivity index (χ2n) is 5.91. The molecule has 0 radical (unpaired) electrons. The number of hydrogen-bond donors (Lipinski definition) is 1. The summed E-state index contributed by atoms with van der Waals surface area (Å²) in [6.07, 6.45) is 0.130. The van der Waals surface area contributed by atoms with E-state index < -0.39 is 6.04 Å². The Morgan fingerprint density at radius 2 is 1.71 bits per heavy atom. The van der Waals surface area contributed by atoms with E-state index in [1.54, 1.807) is 24.3 Å². The average Bonchev–Trinajstić information content (AvgIpc) is 2.85. The van der Waals surface area contributed by atoms with Gasteiger partial charge in [-0.3, -0.25) is 9.59 Å². The number of nitrogens with zero attached hydrogens (tertiary/aromatic N) is 1. The van der Waals surface area contributed by atoms with E-state index in [2.05, 4.69) is 5.32 Å². The Bertz CT molecular complexity index is 781. The van der Waals surface area contributed by atoms with Crippen LogP contribution in [0.2, 0.25) is 0 Å². The van der Waals surface area contributed by atoms with Crippen LogP contribution in [0.25, 0.3) is 0 Å². The fourth-order valence-corrected chi connectivity index (χ4v) is 3.03. The Balaban J connectivity index is 1.90. The minimum atomic E-state index is -0.567. The van der Waals surface area contributed by atoms with Crippen molar-refractivity contribution in [3.8, 4) is 5.75 Å². The number of imide groups is 1. The van der Waals surface area contributed by atoms with Crippen LogP contribution in [-0.4, -0.2) is 25.0 Å². The molecule has 0 bridgehead atoms. The first kappa shape index (κ1) is 16.1. The van der Waals surface area contributed by atoms with Gasteiger partial charge in [-0.15, -0.1) is 0 Å². The molecule has 2 amide bonds. The lowest BCUT2D eigenvalue weighted by Gasteiger charge is -2.19. The number of aryl methyl sites for hydroxylation is 2. The van der Waals surface area contributed by atoms with E-state index in [0.717, 1.165) is 16.8 Å². The summed E-state index contributed by atoms with van der Waals surface area (Å²) in [6, 6.07) is 12.4. The smallest absolute Gasteiger partial charge is 0.256 e. The van der Waals surface area contributed by atoms with Crippen molar-refractivity contribution >= 4 is 23.2 Å². The van der Waals surface area contributed by atoms with Crippen molar-refractivity contribution in [1.29, 1.82) is 0 Å². The van der Waals surface area contributed by atoms with Crippen molar-refractivity contribution in [3.05, 3.63) is 53.6 Å². The van der Waals surface area contributed by atoms with Crippen molar-refractivity contribution in [2.45, 2.75) is 26.3 Å². The molecule has 5 heteroatoms. The van der Waals surface area contributed by atoms with Gasteiger partial charge in [0, 0.05) is 5.69 Å². The van der Waals surface area contributed by atoms with Gasteiger partial charge in [0.05, 0.1) is 19.2 Å². The molecule has 2 aromatic rings. The Labute approximate surface area is 141 Å². The van der Waals surface area contributed by atoms with Gasteiger partial charge < -0.3 is 10.1 Å². The summed E-state index contributed by atoms with van der Waals surface area (Å²) in [7, 11) is 1.52. The normalized spacial score (nSPS) is 17.3. The van der Waals surface area contributed by atoms with Crippen LogP contribution in [0.3, 0.4) is 0 Å². The van der Waals surface area contributed by atoms with Crippen molar-refractivity contribution in [2.24, 2.45) is 0 Å². The number of amides is 2. The molecule has 0 aliphatic carbocycles. The molecule has 24 heavy (non-hydrogen) atoms. The number of carbonyl (C=O) groups is 2. The fraction of sp³-hybridized carbons (Fsp3) is 0.263. The standard InChI is InChI=1S/C19H20N2O3/c1-12-7-6-8-13(2)18(12)20-14-11-17(22)21(19(14)23)15-9-4-5-10-16(15)24-3/h4-10,14,20H,11H2,1-3H3/t14-/m1/s1. The molecule has 0 unspecified atom stereocenters. The highest BCUT2D eigenvalue weighted by atomic mass is 16.5. The minimum absolute atomic E-state index is 0.130. The van der Waals surface area contributed by atoms with Crippen LogP contribution in [0.15, 0.2) is 42.5 Å². The lowest BCUT2D eigenvalue weighted by Crippen LogP contribution is -2.35. The van der Waals surface area contributed by atoms with Crippen LogP contribution < -0.4 is 15.0 Å². The molecular formula is C19H20N2O3. The summed E-state index contributed by atoms with van der Waals surface area (Å²) in [5.74, 6) is 0.0207. The third-order valence-electron chi connectivity index (χ3n) is 4.27. The number of hydrogen-bond acceptors (Lipinski definition) is 4. The van der Waals surface area contributed by atoms with E-state index >= 15 is 0 Å². The molecular weight excluding hydrogens is 304 g/mol. The lowest BCUT2D eigenvalue weighted by atomic mass is 10.1. The first-order valence-corrected chi connectivity index (χ1v) is 7.85. The number of para-hydroxylation sites is 3. The highest BCUT2D eigenvalue weighted by Gasteiger charge is 2.40. The third kappa shape index (κ3) is 2.73. The lowest BCUT2D eigenvalue weighted by molar-refractivity contribution is -0.121. The maximum atomic E-state index is 12.8. The Morgan fingerprint density at radius 3 is 2.38 bits per heavy atom. The number of anilines is 2. The Kier molecular flexibility index (Phi) is 4.25. The predicted molar refractivity (Wildman–Crippen MR) is 93.4 cm³/mol. The molecule has 124 valence electrons. The van der Waals surface area contributed by atoms with E-state index in [1.807, 2.05) is 32.0 Å². The number of rotatable bonds is 4. The van der Waals surface area contributed by atoms with Crippen LogP contribution in [0.1, 0.15) is 17.5 Å². The van der Waals surface area contributed by atoms with Crippen LogP contribution >= 0.6 is 0 Å². The van der Waals surface area contributed by atoms with Gasteiger partial charge in [-0.2, -0.15) is 0 Å². The van der Waals surface area contributed by atoms with Crippen LogP contribution in [0.4, 0.5) is 11.4 Å². The fourth-order valence-electron chi connectivity index (χ4n) is 3.03. The van der Waals surface area contributed by atoms with Gasteiger partial charge in [0.25, 0.3) is 5.91 Å². The summed E-state index contributed by atoms with van der Waals surface area (Å²) in [4.78, 5) is 26.4. The molecule has 0 aromatic heterocycles. The molecule has 2 aromatic carbocycles.